The highest BCUT2D eigenvalue weighted by Gasteiger charge is 2.28. The Bertz CT molecular complexity index is 2210. The van der Waals surface area contributed by atoms with E-state index < -0.39 is 10.0 Å². The second-order valence-electron chi connectivity index (χ2n) is 14.1. The van der Waals surface area contributed by atoms with Gasteiger partial charge in [-0.1, -0.05) is 55.8 Å². The van der Waals surface area contributed by atoms with Gasteiger partial charge in [-0.15, -0.1) is 0 Å². The minimum Gasteiger partial charge on any atom is -0.484 e. The highest BCUT2D eigenvalue weighted by molar-refractivity contribution is 7.89. The van der Waals surface area contributed by atoms with E-state index in [9.17, 15) is 27.6 Å². The van der Waals surface area contributed by atoms with Crippen LogP contribution in [-0.2, 0) is 24.4 Å². The van der Waals surface area contributed by atoms with E-state index >= 15 is 0 Å². The number of unbranched alkanes of at least 4 members (excludes halogenated alkanes) is 4. The lowest BCUT2D eigenvalue weighted by Crippen LogP contribution is -2.39. The number of ether oxygens (including phenoxy) is 1. The number of hydrogen-bond acceptors (Lipinski definition) is 10. The summed E-state index contributed by atoms with van der Waals surface area (Å²) in [6, 6.07) is 13.4. The highest BCUT2D eigenvalue weighted by Crippen LogP contribution is 2.32. The van der Waals surface area contributed by atoms with Gasteiger partial charge in [0.1, 0.15) is 16.4 Å². The lowest BCUT2D eigenvalue weighted by Gasteiger charge is -2.21. The molecule has 1 saturated carbocycles. The van der Waals surface area contributed by atoms with Gasteiger partial charge < -0.3 is 15.4 Å². The third-order valence-electron chi connectivity index (χ3n) is 10.0. The minimum atomic E-state index is -3.72. The van der Waals surface area contributed by atoms with E-state index in [1.807, 2.05) is 0 Å². The van der Waals surface area contributed by atoms with E-state index in [4.69, 9.17) is 16.3 Å². The van der Waals surface area contributed by atoms with Crippen molar-refractivity contribution < 1.29 is 27.5 Å². The molecule has 1 aliphatic carbocycles. The van der Waals surface area contributed by atoms with Gasteiger partial charge in [-0.25, -0.2) is 18.1 Å². The Morgan fingerprint density at radius 3 is 2.42 bits per heavy atom. The van der Waals surface area contributed by atoms with Crippen molar-refractivity contribution >= 4 is 62.0 Å². The van der Waals surface area contributed by atoms with Gasteiger partial charge in [0.05, 0.1) is 10.8 Å². The summed E-state index contributed by atoms with van der Waals surface area (Å²) in [4.78, 5) is 57.9. The number of anilines is 2. The Labute approximate surface area is 324 Å². The first-order valence-electron chi connectivity index (χ1n) is 18.8. The summed E-state index contributed by atoms with van der Waals surface area (Å²) >= 11 is 6.25. The van der Waals surface area contributed by atoms with Crippen molar-refractivity contribution in [3.8, 4) is 5.75 Å². The number of sulfonamides is 1. The SMILES string of the molecule is Cc1cc(S(=O)(=O)NCCCCCCCNC(=O)COc2ccc(C3CCC(=O)NC3=O)cc2)ccc1Nc1ncc2cc(Cl)c(=O)n(C3CCCC3)c2n1. The molecule has 4 N–H and O–H groups in total. The van der Waals surface area contributed by atoms with E-state index in [2.05, 4.69) is 30.6 Å². The fourth-order valence-corrected chi connectivity index (χ4v) is 8.39. The largest absolute Gasteiger partial charge is 0.484 e. The molecule has 0 bridgehead atoms. The first-order chi connectivity index (χ1) is 26.5. The lowest BCUT2D eigenvalue weighted by atomic mass is 9.90. The van der Waals surface area contributed by atoms with Crippen LogP contribution in [0.1, 0.15) is 93.7 Å². The van der Waals surface area contributed by atoms with Crippen molar-refractivity contribution in [1.29, 1.82) is 0 Å². The van der Waals surface area contributed by atoms with Crippen molar-refractivity contribution in [2.75, 3.05) is 25.0 Å². The van der Waals surface area contributed by atoms with Gasteiger partial charge in [-0.2, -0.15) is 4.98 Å². The number of hydrogen-bond donors (Lipinski definition) is 4. The molecule has 1 atom stereocenters. The van der Waals surface area contributed by atoms with Crippen LogP contribution < -0.4 is 31.0 Å². The molecule has 1 unspecified atom stereocenters. The molecule has 16 heteroatoms. The summed E-state index contributed by atoms with van der Waals surface area (Å²) in [5, 5.41) is 9.19. The fraction of sp³-hybridized carbons (Fsp3) is 0.436. The van der Waals surface area contributed by atoms with Gasteiger partial charge in [0.2, 0.25) is 27.8 Å². The third kappa shape index (κ3) is 10.3. The van der Waals surface area contributed by atoms with E-state index in [-0.39, 0.29) is 51.8 Å². The van der Waals surface area contributed by atoms with Crippen LogP contribution in [0.5, 0.6) is 5.75 Å². The zero-order chi connectivity index (χ0) is 39.0. The van der Waals surface area contributed by atoms with Crippen molar-refractivity contribution in [2.45, 2.75) is 94.4 Å². The minimum absolute atomic E-state index is 0.0379. The van der Waals surface area contributed by atoms with Crippen molar-refractivity contribution in [2.24, 2.45) is 0 Å². The molecule has 1 saturated heterocycles. The molecular formula is C39H46ClN7O7S. The monoisotopic (exact) mass is 791 g/mol. The summed E-state index contributed by atoms with van der Waals surface area (Å²) in [5.41, 5.74) is 2.38. The van der Waals surface area contributed by atoms with Crippen molar-refractivity contribution in [1.82, 2.24) is 29.9 Å². The van der Waals surface area contributed by atoms with Gasteiger partial charge in [-0.3, -0.25) is 29.1 Å². The molecule has 2 aliphatic rings. The van der Waals surface area contributed by atoms with Gasteiger partial charge in [-0.05, 0) is 86.6 Å². The topological polar surface area (TPSA) is 190 Å². The van der Waals surface area contributed by atoms with E-state index in [1.54, 1.807) is 60.2 Å². The number of pyridine rings is 1. The second-order valence-corrected chi connectivity index (χ2v) is 16.2. The Kier molecular flexibility index (Phi) is 13.2. The van der Waals surface area contributed by atoms with Crippen LogP contribution in [-0.4, -0.2) is 60.4 Å². The predicted molar refractivity (Wildman–Crippen MR) is 209 cm³/mol. The Hall–Kier alpha value is -4.86. The number of benzene rings is 2. The molecule has 4 aromatic rings. The van der Waals surface area contributed by atoms with Gasteiger partial charge in [0.15, 0.2) is 6.61 Å². The number of aryl methyl sites for hydroxylation is 1. The second kappa shape index (κ2) is 18.2. The number of halogens is 1. The van der Waals surface area contributed by atoms with Gasteiger partial charge in [0, 0.05) is 42.8 Å². The number of fused-ring (bicyclic) bond motifs is 1. The highest BCUT2D eigenvalue weighted by atomic mass is 35.5. The van der Waals surface area contributed by atoms with Crippen LogP contribution >= 0.6 is 11.6 Å². The van der Waals surface area contributed by atoms with Crippen molar-refractivity contribution in [3.63, 3.8) is 0 Å². The van der Waals surface area contributed by atoms with Crippen LogP contribution in [0.4, 0.5) is 11.6 Å². The van der Waals surface area contributed by atoms with E-state index in [0.717, 1.165) is 56.9 Å². The Morgan fingerprint density at radius 2 is 1.69 bits per heavy atom. The molecule has 2 fully saturated rings. The quantitative estimate of drug-likeness (QED) is 0.0779. The number of carbonyl (C=O) groups excluding carboxylic acids is 3. The maximum Gasteiger partial charge on any atom is 0.271 e. The number of carbonyl (C=O) groups is 3. The summed E-state index contributed by atoms with van der Waals surface area (Å²) in [6.45, 7) is 2.49. The molecule has 0 spiro atoms. The summed E-state index contributed by atoms with van der Waals surface area (Å²) in [7, 11) is -3.72. The normalized spacial score (nSPS) is 16.3. The predicted octanol–water partition coefficient (Wildman–Crippen LogP) is 5.56. The first kappa shape index (κ1) is 39.8. The zero-order valence-corrected chi connectivity index (χ0v) is 32.3. The Morgan fingerprint density at radius 1 is 0.964 bits per heavy atom. The molecule has 3 heterocycles. The first-order valence-corrected chi connectivity index (χ1v) is 20.6. The average Bonchev–Trinajstić information content (AvgIpc) is 3.70. The van der Waals surface area contributed by atoms with E-state index in [0.29, 0.717) is 66.3 Å². The number of piperidine rings is 1. The molecule has 292 valence electrons. The number of amides is 3. The van der Waals surface area contributed by atoms with Crippen LogP contribution in [0.25, 0.3) is 11.0 Å². The molecule has 3 amide bonds. The molecule has 2 aromatic heterocycles. The van der Waals surface area contributed by atoms with Crippen LogP contribution in [0, 0.1) is 6.92 Å². The molecule has 55 heavy (non-hydrogen) atoms. The van der Waals surface area contributed by atoms with Crippen molar-refractivity contribution in [3.05, 3.63) is 81.2 Å². The zero-order valence-electron chi connectivity index (χ0n) is 30.7. The number of imide groups is 1. The fourth-order valence-electron chi connectivity index (χ4n) is 7.02. The van der Waals surface area contributed by atoms with Gasteiger partial charge >= 0.3 is 0 Å². The lowest BCUT2D eigenvalue weighted by molar-refractivity contribution is -0.134. The number of rotatable bonds is 17. The average molecular weight is 792 g/mol. The molecule has 2 aromatic carbocycles. The smallest absolute Gasteiger partial charge is 0.271 e. The van der Waals surface area contributed by atoms with Gasteiger partial charge in [0.25, 0.3) is 11.5 Å². The maximum absolute atomic E-state index is 13.0. The number of nitrogens with one attached hydrogen (secondary N) is 4. The van der Waals surface area contributed by atoms with E-state index in [1.165, 1.54) is 6.07 Å². The Balaban J connectivity index is 0.876. The molecular weight excluding hydrogens is 746 g/mol. The number of nitrogens with zero attached hydrogens (tertiary/aromatic N) is 3. The summed E-state index contributed by atoms with van der Waals surface area (Å²) in [5.74, 6) is -0.355. The molecule has 1 aliphatic heterocycles. The van der Waals surface area contributed by atoms with Crippen LogP contribution in [0.3, 0.4) is 0 Å². The van der Waals surface area contributed by atoms with Crippen LogP contribution in [0.2, 0.25) is 5.02 Å². The third-order valence-corrected chi connectivity index (χ3v) is 11.8. The summed E-state index contributed by atoms with van der Waals surface area (Å²) in [6.07, 6.45) is 10.4. The summed E-state index contributed by atoms with van der Waals surface area (Å²) < 4.78 is 36.0. The maximum atomic E-state index is 13.0. The standard InChI is InChI=1S/C39H46ClN7O7S/c1-25-21-30(15-17-33(25)44-39-42-23-27-22-32(40)38(51)47(36(27)46-39)28-9-5-6-10-28)55(52,53)43-20-8-4-2-3-7-19-41-35(49)24-54-29-13-11-26(12-14-29)31-16-18-34(48)45-37(31)50/h11-15,17,21-23,28,31,43H,2-10,16,18-20,24H2,1H3,(H,41,49)(H,42,44,46)(H,45,48,50). The molecule has 0 radical (unpaired) electrons. The molecule has 6 rings (SSSR count). The van der Waals surface area contributed by atoms with Crippen LogP contribution in [0.15, 0.2) is 64.4 Å². The molecule has 14 nitrogen and oxygen atoms in total. The number of aromatic nitrogens is 3.